The molecular formula is C17H16Cl2N4O3. The first-order chi connectivity index (χ1) is 12.6. The minimum atomic E-state index is -0.429. The molecule has 0 bridgehead atoms. The van der Waals surface area contributed by atoms with Crippen LogP contribution in [-0.2, 0) is 30.7 Å². The molecule has 0 aliphatic rings. The highest BCUT2D eigenvalue weighted by atomic mass is 35.5. The zero-order valence-electron chi connectivity index (χ0n) is 14.0. The van der Waals surface area contributed by atoms with Crippen molar-refractivity contribution in [1.82, 2.24) is 19.9 Å². The number of halogens is 2. The van der Waals surface area contributed by atoms with Gasteiger partial charge in [0.15, 0.2) is 5.82 Å². The Labute approximate surface area is 159 Å². The van der Waals surface area contributed by atoms with Crippen LogP contribution in [0.5, 0.6) is 0 Å². The Morgan fingerprint density at radius 2 is 1.96 bits per heavy atom. The fourth-order valence-corrected chi connectivity index (χ4v) is 2.69. The number of rotatable bonds is 7. The van der Waals surface area contributed by atoms with Crippen LogP contribution in [0.4, 0.5) is 0 Å². The maximum Gasteiger partial charge on any atom is 0.286 e. The molecule has 26 heavy (non-hydrogen) atoms. The van der Waals surface area contributed by atoms with E-state index < -0.39 is 5.56 Å². The molecule has 3 rings (SSSR count). The molecule has 136 valence electrons. The van der Waals surface area contributed by atoms with Crippen molar-refractivity contribution < 1.29 is 9.26 Å². The first-order valence-electron chi connectivity index (χ1n) is 7.86. The molecule has 0 N–H and O–H groups in total. The zero-order valence-corrected chi connectivity index (χ0v) is 15.5. The molecule has 1 aromatic carbocycles. The molecule has 2 aromatic heterocycles. The van der Waals surface area contributed by atoms with Gasteiger partial charge in [-0.1, -0.05) is 40.5 Å². The standard InChI is InChI=1S/C17H16Cl2N4O3/c1-25-10-12-8-20-23(17(24)16(12)19)9-15-21-14(22-26-15)7-4-11-2-5-13(18)6-3-11/h2-3,5-6,8H,4,7,9-10H2,1H3. The zero-order chi connectivity index (χ0) is 18.5. The van der Waals surface area contributed by atoms with E-state index in [4.69, 9.17) is 32.5 Å². The summed E-state index contributed by atoms with van der Waals surface area (Å²) in [7, 11) is 1.52. The molecule has 0 saturated heterocycles. The van der Waals surface area contributed by atoms with Crippen LogP contribution in [0.25, 0.3) is 0 Å². The van der Waals surface area contributed by atoms with Gasteiger partial charge in [0.1, 0.15) is 11.6 Å². The first kappa shape index (κ1) is 18.6. The van der Waals surface area contributed by atoms with E-state index in [0.717, 1.165) is 12.0 Å². The van der Waals surface area contributed by atoms with Crippen molar-refractivity contribution >= 4 is 23.2 Å². The van der Waals surface area contributed by atoms with Gasteiger partial charge in [0, 0.05) is 24.1 Å². The Hall–Kier alpha value is -2.22. The maximum absolute atomic E-state index is 12.2. The van der Waals surface area contributed by atoms with Gasteiger partial charge in [-0.25, -0.2) is 4.68 Å². The molecule has 0 aliphatic heterocycles. The molecule has 0 atom stereocenters. The van der Waals surface area contributed by atoms with Crippen LogP contribution in [0, 0.1) is 0 Å². The summed E-state index contributed by atoms with van der Waals surface area (Å²) in [5.41, 5.74) is 1.23. The first-order valence-corrected chi connectivity index (χ1v) is 8.61. The van der Waals surface area contributed by atoms with Crippen LogP contribution in [0.1, 0.15) is 22.8 Å². The van der Waals surface area contributed by atoms with E-state index in [2.05, 4.69) is 15.2 Å². The summed E-state index contributed by atoms with van der Waals surface area (Å²) in [6.45, 7) is 0.275. The van der Waals surface area contributed by atoms with E-state index in [-0.39, 0.29) is 18.2 Å². The number of aryl methyl sites for hydroxylation is 2. The maximum atomic E-state index is 12.2. The summed E-state index contributed by atoms with van der Waals surface area (Å²) < 4.78 is 11.4. The van der Waals surface area contributed by atoms with Gasteiger partial charge >= 0.3 is 0 Å². The van der Waals surface area contributed by atoms with Crippen LogP contribution in [0.3, 0.4) is 0 Å². The summed E-state index contributed by atoms with van der Waals surface area (Å²) in [5, 5.41) is 8.77. The monoisotopic (exact) mass is 394 g/mol. The Morgan fingerprint density at radius 1 is 1.19 bits per heavy atom. The lowest BCUT2D eigenvalue weighted by molar-refractivity contribution is 0.184. The van der Waals surface area contributed by atoms with Gasteiger partial charge in [-0.3, -0.25) is 4.79 Å². The third-order valence-electron chi connectivity index (χ3n) is 3.70. The van der Waals surface area contributed by atoms with Gasteiger partial charge < -0.3 is 9.26 Å². The number of methoxy groups -OCH3 is 1. The van der Waals surface area contributed by atoms with Gasteiger partial charge in [0.05, 0.1) is 12.8 Å². The van der Waals surface area contributed by atoms with E-state index in [1.165, 1.54) is 18.0 Å². The van der Waals surface area contributed by atoms with Crippen molar-refractivity contribution in [3.05, 3.63) is 73.7 Å². The molecular weight excluding hydrogens is 379 g/mol. The average Bonchev–Trinajstić information content (AvgIpc) is 3.08. The molecule has 0 spiro atoms. The molecule has 0 amide bonds. The third-order valence-corrected chi connectivity index (χ3v) is 4.36. The van der Waals surface area contributed by atoms with Crippen LogP contribution >= 0.6 is 23.2 Å². The highest BCUT2D eigenvalue weighted by molar-refractivity contribution is 6.31. The third kappa shape index (κ3) is 4.49. The predicted octanol–water partition coefficient (Wildman–Crippen LogP) is 2.91. The second-order valence-corrected chi connectivity index (χ2v) is 6.42. The molecule has 0 radical (unpaired) electrons. The minimum Gasteiger partial charge on any atom is -0.380 e. The number of nitrogens with zero attached hydrogens (tertiary/aromatic N) is 4. The molecule has 3 aromatic rings. The summed E-state index contributed by atoms with van der Waals surface area (Å²) in [5.74, 6) is 0.853. The predicted molar refractivity (Wildman–Crippen MR) is 96.5 cm³/mol. The highest BCUT2D eigenvalue weighted by Gasteiger charge is 2.13. The van der Waals surface area contributed by atoms with Gasteiger partial charge in [-0.05, 0) is 24.1 Å². The Bertz CT molecular complexity index is 938. The Morgan fingerprint density at radius 3 is 2.69 bits per heavy atom. The fourth-order valence-electron chi connectivity index (χ4n) is 2.36. The summed E-state index contributed by atoms with van der Waals surface area (Å²) in [6.07, 6.45) is 2.86. The van der Waals surface area contributed by atoms with Crippen molar-refractivity contribution in [2.75, 3.05) is 7.11 Å². The number of ether oxygens (including phenoxy) is 1. The number of hydrogen-bond acceptors (Lipinski definition) is 6. The average molecular weight is 395 g/mol. The van der Waals surface area contributed by atoms with Crippen molar-refractivity contribution in [1.29, 1.82) is 0 Å². The van der Waals surface area contributed by atoms with Crippen LogP contribution in [-0.4, -0.2) is 27.0 Å². The smallest absolute Gasteiger partial charge is 0.286 e. The van der Waals surface area contributed by atoms with E-state index in [1.807, 2.05) is 24.3 Å². The Balaban J connectivity index is 1.66. The lowest BCUT2D eigenvalue weighted by atomic mass is 10.1. The second kappa shape index (κ2) is 8.44. The van der Waals surface area contributed by atoms with E-state index >= 15 is 0 Å². The largest absolute Gasteiger partial charge is 0.380 e. The summed E-state index contributed by atoms with van der Waals surface area (Å²) >= 11 is 11.9. The second-order valence-electron chi connectivity index (χ2n) is 5.61. The number of benzene rings is 1. The fraction of sp³-hybridized carbons (Fsp3) is 0.294. The van der Waals surface area contributed by atoms with Crippen LogP contribution in [0.2, 0.25) is 10.0 Å². The molecule has 9 heteroatoms. The van der Waals surface area contributed by atoms with Crippen molar-refractivity contribution in [3.8, 4) is 0 Å². The van der Waals surface area contributed by atoms with Crippen molar-refractivity contribution in [2.45, 2.75) is 26.0 Å². The summed E-state index contributed by atoms with van der Waals surface area (Å²) in [4.78, 5) is 16.5. The Kier molecular flexibility index (Phi) is 6.03. The minimum absolute atomic E-state index is 0.0553. The quantitative estimate of drug-likeness (QED) is 0.612. The van der Waals surface area contributed by atoms with Gasteiger partial charge in [-0.2, -0.15) is 10.1 Å². The van der Waals surface area contributed by atoms with E-state index in [9.17, 15) is 4.79 Å². The molecule has 0 unspecified atom stereocenters. The summed E-state index contributed by atoms with van der Waals surface area (Å²) in [6, 6.07) is 7.59. The lowest BCUT2D eigenvalue weighted by Crippen LogP contribution is -2.25. The van der Waals surface area contributed by atoms with Crippen molar-refractivity contribution in [3.63, 3.8) is 0 Å². The van der Waals surface area contributed by atoms with E-state index in [1.54, 1.807) is 0 Å². The highest BCUT2D eigenvalue weighted by Crippen LogP contribution is 2.12. The topological polar surface area (TPSA) is 83.0 Å². The van der Waals surface area contributed by atoms with Gasteiger partial charge in [0.25, 0.3) is 5.56 Å². The van der Waals surface area contributed by atoms with E-state index in [0.29, 0.717) is 28.7 Å². The molecule has 7 nitrogen and oxygen atoms in total. The normalized spacial score (nSPS) is 11.0. The molecule has 0 fully saturated rings. The number of hydrogen-bond donors (Lipinski definition) is 0. The lowest BCUT2D eigenvalue weighted by Gasteiger charge is -2.05. The van der Waals surface area contributed by atoms with Gasteiger partial charge in [0.2, 0.25) is 5.89 Å². The van der Waals surface area contributed by atoms with Crippen LogP contribution in [0.15, 0.2) is 39.8 Å². The SMILES string of the molecule is COCc1cnn(Cc2nc(CCc3ccc(Cl)cc3)no2)c(=O)c1Cl. The molecule has 2 heterocycles. The van der Waals surface area contributed by atoms with Crippen molar-refractivity contribution in [2.24, 2.45) is 0 Å². The van der Waals surface area contributed by atoms with Crippen LogP contribution < -0.4 is 5.56 Å². The molecule has 0 aliphatic carbocycles. The molecule has 0 saturated carbocycles. The van der Waals surface area contributed by atoms with Gasteiger partial charge in [-0.15, -0.1) is 0 Å². The number of aromatic nitrogens is 4.